The Morgan fingerprint density at radius 3 is 2.57 bits per heavy atom. The van der Waals surface area contributed by atoms with Crippen molar-refractivity contribution >= 4 is 23.2 Å². The molecule has 0 aliphatic rings. The van der Waals surface area contributed by atoms with Crippen molar-refractivity contribution in [2.24, 2.45) is 5.92 Å². The Hall–Kier alpha value is -1.22. The highest BCUT2D eigenvalue weighted by atomic mass is 35.5. The van der Waals surface area contributed by atoms with Gasteiger partial charge in [0.25, 0.3) is 0 Å². The molecule has 21 heavy (non-hydrogen) atoms. The Bertz CT molecular complexity index is 599. The Morgan fingerprint density at radius 1 is 1.10 bits per heavy atom. The van der Waals surface area contributed by atoms with Crippen molar-refractivity contribution in [1.29, 1.82) is 0 Å². The van der Waals surface area contributed by atoms with Crippen molar-refractivity contribution in [1.82, 2.24) is 0 Å². The average molecular weight is 325 g/mol. The molecule has 0 saturated heterocycles. The number of hydrogen-bond acceptors (Lipinski definition) is 2. The molecule has 2 rings (SSSR count). The van der Waals surface area contributed by atoms with Gasteiger partial charge in [-0.25, -0.2) is 0 Å². The normalized spacial score (nSPS) is 12.2. The smallest absolute Gasteiger partial charge is 0.119 e. The summed E-state index contributed by atoms with van der Waals surface area (Å²) in [5.74, 6) is 0.935. The molecule has 0 radical (unpaired) electrons. The number of methoxy groups -OCH3 is 1. The third kappa shape index (κ3) is 4.63. The van der Waals surface area contributed by atoms with Gasteiger partial charge in [0.05, 0.1) is 7.11 Å². The first-order valence-electron chi connectivity index (χ1n) is 6.80. The summed E-state index contributed by atoms with van der Waals surface area (Å²) in [5.41, 5.74) is 2.14. The van der Waals surface area contributed by atoms with Crippen LogP contribution < -0.4 is 4.74 Å². The van der Waals surface area contributed by atoms with E-state index in [1.54, 1.807) is 13.2 Å². The minimum absolute atomic E-state index is 0.107. The molecule has 112 valence electrons. The number of ether oxygens (including phenoxy) is 1. The number of hydrogen-bond donors (Lipinski definition) is 1. The summed E-state index contributed by atoms with van der Waals surface area (Å²) in [6.07, 6.45) is 1.48. The zero-order valence-corrected chi connectivity index (χ0v) is 13.4. The van der Waals surface area contributed by atoms with Gasteiger partial charge < -0.3 is 9.84 Å². The first-order chi connectivity index (χ1) is 10.1. The molecule has 1 unspecified atom stereocenters. The van der Waals surface area contributed by atoms with Crippen LogP contribution in [0.15, 0.2) is 42.5 Å². The lowest BCUT2D eigenvalue weighted by molar-refractivity contribution is 0.225. The van der Waals surface area contributed by atoms with Gasteiger partial charge in [0, 0.05) is 16.7 Å². The lowest BCUT2D eigenvalue weighted by Gasteiger charge is -2.16. The van der Waals surface area contributed by atoms with Crippen LogP contribution >= 0.6 is 23.2 Å². The highest BCUT2D eigenvalue weighted by molar-refractivity contribution is 6.35. The summed E-state index contributed by atoms with van der Waals surface area (Å²) in [5, 5.41) is 10.9. The van der Waals surface area contributed by atoms with Gasteiger partial charge in [-0.1, -0.05) is 41.4 Å². The highest BCUT2D eigenvalue weighted by Crippen LogP contribution is 2.25. The van der Waals surface area contributed by atoms with E-state index >= 15 is 0 Å². The van der Waals surface area contributed by atoms with E-state index in [0.29, 0.717) is 16.5 Å². The maximum atomic E-state index is 9.62. The molecule has 0 aliphatic heterocycles. The molecule has 0 spiro atoms. The number of benzene rings is 2. The monoisotopic (exact) mass is 324 g/mol. The second kappa shape index (κ2) is 7.69. The molecule has 0 heterocycles. The fourth-order valence-corrected chi connectivity index (χ4v) is 2.82. The number of aliphatic hydroxyl groups excluding tert-OH is 1. The summed E-state index contributed by atoms with van der Waals surface area (Å²) in [6.45, 7) is 0.107. The van der Waals surface area contributed by atoms with Crippen molar-refractivity contribution in [3.63, 3.8) is 0 Å². The van der Waals surface area contributed by atoms with Crippen LogP contribution in [0.2, 0.25) is 10.0 Å². The third-order valence-electron chi connectivity index (χ3n) is 3.44. The summed E-state index contributed by atoms with van der Waals surface area (Å²) >= 11 is 12.1. The van der Waals surface area contributed by atoms with Gasteiger partial charge in [-0.05, 0) is 54.2 Å². The maximum absolute atomic E-state index is 9.62. The SMILES string of the molecule is COc1cccc(CC(CO)Cc2ccc(Cl)cc2Cl)c1. The van der Waals surface area contributed by atoms with E-state index in [-0.39, 0.29) is 12.5 Å². The maximum Gasteiger partial charge on any atom is 0.119 e. The van der Waals surface area contributed by atoms with Gasteiger partial charge in [0.2, 0.25) is 0 Å². The van der Waals surface area contributed by atoms with Crippen LogP contribution in [0, 0.1) is 5.92 Å². The fraction of sp³-hybridized carbons (Fsp3) is 0.294. The molecule has 4 heteroatoms. The van der Waals surface area contributed by atoms with Crippen molar-refractivity contribution in [2.75, 3.05) is 13.7 Å². The van der Waals surface area contributed by atoms with Crippen molar-refractivity contribution in [3.05, 3.63) is 63.6 Å². The van der Waals surface area contributed by atoms with Gasteiger partial charge in [-0.15, -0.1) is 0 Å². The van der Waals surface area contributed by atoms with Gasteiger partial charge in [0.1, 0.15) is 5.75 Å². The molecular weight excluding hydrogens is 307 g/mol. The summed E-state index contributed by atoms with van der Waals surface area (Å²) in [4.78, 5) is 0. The van der Waals surface area contributed by atoms with Crippen LogP contribution in [0.5, 0.6) is 5.75 Å². The second-order valence-corrected chi connectivity index (χ2v) is 5.89. The minimum atomic E-state index is 0.107. The van der Waals surface area contributed by atoms with E-state index in [0.717, 1.165) is 23.3 Å². The van der Waals surface area contributed by atoms with E-state index in [2.05, 4.69) is 0 Å². The third-order valence-corrected chi connectivity index (χ3v) is 4.03. The molecule has 1 atom stereocenters. The number of aliphatic hydroxyl groups is 1. The molecule has 1 N–H and O–H groups in total. The second-order valence-electron chi connectivity index (χ2n) is 5.04. The molecule has 0 saturated carbocycles. The lowest BCUT2D eigenvalue weighted by atomic mass is 9.93. The topological polar surface area (TPSA) is 29.5 Å². The standard InChI is InChI=1S/C17H18Cl2O2/c1-21-16-4-2-3-12(9-16)7-13(11-20)8-14-5-6-15(18)10-17(14)19/h2-6,9-10,13,20H,7-8,11H2,1H3. The van der Waals surface area contributed by atoms with Gasteiger partial charge in [-0.3, -0.25) is 0 Å². The van der Waals surface area contributed by atoms with Crippen LogP contribution in [0.25, 0.3) is 0 Å². The summed E-state index contributed by atoms with van der Waals surface area (Å²) in [7, 11) is 1.65. The average Bonchev–Trinajstić information content (AvgIpc) is 2.49. The molecule has 0 amide bonds. The van der Waals surface area contributed by atoms with Gasteiger partial charge in [-0.2, -0.15) is 0 Å². The van der Waals surface area contributed by atoms with Crippen molar-refractivity contribution < 1.29 is 9.84 Å². The predicted octanol–water partition coefficient (Wildman–Crippen LogP) is 4.40. The van der Waals surface area contributed by atoms with E-state index in [1.807, 2.05) is 36.4 Å². The lowest BCUT2D eigenvalue weighted by Crippen LogP contribution is -2.13. The van der Waals surface area contributed by atoms with E-state index in [1.165, 1.54) is 0 Å². The van der Waals surface area contributed by atoms with Crippen LogP contribution in [-0.2, 0) is 12.8 Å². The largest absolute Gasteiger partial charge is 0.497 e. The predicted molar refractivity (Wildman–Crippen MR) is 87.4 cm³/mol. The Kier molecular flexibility index (Phi) is 5.92. The van der Waals surface area contributed by atoms with E-state index in [9.17, 15) is 5.11 Å². The first kappa shape index (κ1) is 16.2. The molecule has 0 fully saturated rings. The Labute approximate surface area is 135 Å². The van der Waals surface area contributed by atoms with Crippen LogP contribution in [0.3, 0.4) is 0 Å². The molecule has 0 bridgehead atoms. The summed E-state index contributed by atoms with van der Waals surface area (Å²) in [6, 6.07) is 13.4. The zero-order chi connectivity index (χ0) is 15.2. The Balaban J connectivity index is 2.09. The van der Waals surface area contributed by atoms with Crippen LogP contribution in [0.4, 0.5) is 0 Å². The van der Waals surface area contributed by atoms with Crippen LogP contribution in [-0.4, -0.2) is 18.8 Å². The zero-order valence-electron chi connectivity index (χ0n) is 11.9. The van der Waals surface area contributed by atoms with Crippen LogP contribution in [0.1, 0.15) is 11.1 Å². The number of rotatable bonds is 6. The van der Waals surface area contributed by atoms with E-state index in [4.69, 9.17) is 27.9 Å². The molecule has 2 nitrogen and oxygen atoms in total. The quantitative estimate of drug-likeness (QED) is 0.853. The molecule has 0 aliphatic carbocycles. The van der Waals surface area contributed by atoms with Crippen molar-refractivity contribution in [2.45, 2.75) is 12.8 Å². The van der Waals surface area contributed by atoms with Crippen molar-refractivity contribution in [3.8, 4) is 5.75 Å². The first-order valence-corrected chi connectivity index (χ1v) is 7.55. The number of halogens is 2. The Morgan fingerprint density at radius 2 is 1.90 bits per heavy atom. The van der Waals surface area contributed by atoms with Gasteiger partial charge in [0.15, 0.2) is 0 Å². The van der Waals surface area contributed by atoms with E-state index < -0.39 is 0 Å². The molecule has 2 aromatic rings. The molecule has 0 aromatic heterocycles. The minimum Gasteiger partial charge on any atom is -0.497 e. The van der Waals surface area contributed by atoms with Gasteiger partial charge >= 0.3 is 0 Å². The summed E-state index contributed by atoms with van der Waals surface area (Å²) < 4.78 is 5.22. The fourth-order valence-electron chi connectivity index (χ4n) is 2.33. The molecular formula is C17H18Cl2O2. The molecule has 2 aromatic carbocycles. The highest BCUT2D eigenvalue weighted by Gasteiger charge is 2.12.